The first kappa shape index (κ1) is 21.5. The molecule has 0 saturated carbocycles. The number of nitrogens with one attached hydrogen (secondary N) is 1. The number of sulfonamides is 1. The van der Waals surface area contributed by atoms with Crippen LogP contribution in [0.2, 0.25) is 0 Å². The molecule has 10 nitrogen and oxygen atoms in total. The van der Waals surface area contributed by atoms with Gasteiger partial charge in [0.15, 0.2) is 12.4 Å². The van der Waals surface area contributed by atoms with E-state index in [1.807, 2.05) is 0 Å². The highest BCUT2D eigenvalue weighted by molar-refractivity contribution is 7.89. The zero-order chi connectivity index (χ0) is 21.7. The van der Waals surface area contributed by atoms with Crippen molar-refractivity contribution in [2.45, 2.75) is 17.7 Å². The van der Waals surface area contributed by atoms with Gasteiger partial charge in [-0.05, 0) is 37.1 Å². The SMILES string of the molecule is COc1ccccc1NC(=O)COc1ccc(S(=O)(=O)N2CCCC2)cc1[N+](=O)[O-]. The van der Waals surface area contributed by atoms with Crippen LogP contribution in [0, 0.1) is 10.1 Å². The van der Waals surface area contributed by atoms with Crippen molar-refractivity contribution in [2.24, 2.45) is 0 Å². The minimum absolute atomic E-state index is 0.179. The van der Waals surface area contributed by atoms with Gasteiger partial charge in [-0.3, -0.25) is 14.9 Å². The zero-order valence-corrected chi connectivity index (χ0v) is 17.1. The quantitative estimate of drug-likeness (QED) is 0.498. The van der Waals surface area contributed by atoms with E-state index in [0.29, 0.717) is 24.5 Å². The van der Waals surface area contributed by atoms with Crippen molar-refractivity contribution in [3.05, 3.63) is 52.6 Å². The van der Waals surface area contributed by atoms with E-state index in [1.54, 1.807) is 24.3 Å². The van der Waals surface area contributed by atoms with Gasteiger partial charge in [0.25, 0.3) is 5.91 Å². The summed E-state index contributed by atoms with van der Waals surface area (Å²) in [6, 6.07) is 10.2. The first-order valence-corrected chi connectivity index (χ1v) is 10.6. The number of rotatable bonds is 8. The van der Waals surface area contributed by atoms with Crippen molar-refractivity contribution in [1.82, 2.24) is 4.31 Å². The van der Waals surface area contributed by atoms with E-state index in [1.165, 1.54) is 23.5 Å². The molecule has 0 bridgehead atoms. The van der Waals surface area contributed by atoms with Crippen LogP contribution in [0.4, 0.5) is 11.4 Å². The predicted octanol–water partition coefficient (Wildman–Crippen LogP) is 2.41. The Balaban J connectivity index is 1.74. The summed E-state index contributed by atoms with van der Waals surface area (Å²) in [5.74, 6) is -0.300. The predicted molar refractivity (Wildman–Crippen MR) is 108 cm³/mol. The highest BCUT2D eigenvalue weighted by Gasteiger charge is 2.30. The first-order valence-electron chi connectivity index (χ1n) is 9.17. The van der Waals surface area contributed by atoms with Gasteiger partial charge in [0.2, 0.25) is 10.0 Å². The number of methoxy groups -OCH3 is 1. The van der Waals surface area contributed by atoms with E-state index >= 15 is 0 Å². The number of amides is 1. The summed E-state index contributed by atoms with van der Waals surface area (Å²) in [4.78, 5) is 22.7. The Kier molecular flexibility index (Phi) is 6.53. The van der Waals surface area contributed by atoms with Crippen LogP contribution in [0.25, 0.3) is 0 Å². The molecule has 1 saturated heterocycles. The number of nitrogens with zero attached hydrogens (tertiary/aromatic N) is 2. The maximum absolute atomic E-state index is 12.6. The topological polar surface area (TPSA) is 128 Å². The minimum Gasteiger partial charge on any atom is -0.495 e. The van der Waals surface area contributed by atoms with Crippen LogP contribution >= 0.6 is 0 Å². The van der Waals surface area contributed by atoms with Gasteiger partial charge in [-0.1, -0.05) is 12.1 Å². The number of hydrogen-bond donors (Lipinski definition) is 1. The molecule has 2 aromatic carbocycles. The molecule has 1 fully saturated rings. The molecular weight excluding hydrogens is 414 g/mol. The lowest BCUT2D eigenvalue weighted by Crippen LogP contribution is -2.28. The Bertz CT molecular complexity index is 1050. The third-order valence-electron chi connectivity index (χ3n) is 4.57. The molecule has 0 spiro atoms. The second kappa shape index (κ2) is 9.09. The fraction of sp³-hybridized carbons (Fsp3) is 0.316. The molecule has 1 aliphatic heterocycles. The molecule has 30 heavy (non-hydrogen) atoms. The molecule has 11 heteroatoms. The summed E-state index contributed by atoms with van der Waals surface area (Å²) < 4.78 is 37.0. The van der Waals surface area contributed by atoms with E-state index < -0.39 is 33.1 Å². The molecule has 3 rings (SSSR count). The van der Waals surface area contributed by atoms with E-state index in [-0.39, 0.29) is 10.6 Å². The number of para-hydroxylation sites is 2. The van der Waals surface area contributed by atoms with E-state index in [0.717, 1.165) is 18.9 Å². The molecule has 1 N–H and O–H groups in total. The first-order chi connectivity index (χ1) is 14.3. The van der Waals surface area contributed by atoms with Crippen LogP contribution in [0.1, 0.15) is 12.8 Å². The lowest BCUT2D eigenvalue weighted by atomic mass is 10.3. The Labute approximate surface area is 173 Å². The molecule has 0 radical (unpaired) electrons. The number of benzene rings is 2. The van der Waals surface area contributed by atoms with Crippen molar-refractivity contribution in [1.29, 1.82) is 0 Å². The van der Waals surface area contributed by atoms with Crippen molar-refractivity contribution in [2.75, 3.05) is 32.1 Å². The van der Waals surface area contributed by atoms with Gasteiger partial charge < -0.3 is 14.8 Å². The molecule has 1 amide bonds. The van der Waals surface area contributed by atoms with Gasteiger partial charge in [0, 0.05) is 19.2 Å². The molecule has 0 unspecified atom stereocenters. The average molecular weight is 435 g/mol. The van der Waals surface area contributed by atoms with Gasteiger partial charge >= 0.3 is 5.69 Å². The fourth-order valence-corrected chi connectivity index (χ4v) is 4.62. The normalized spacial score (nSPS) is 14.3. The maximum atomic E-state index is 12.6. The molecule has 0 aliphatic carbocycles. The van der Waals surface area contributed by atoms with Crippen molar-refractivity contribution in [3.63, 3.8) is 0 Å². The summed E-state index contributed by atoms with van der Waals surface area (Å²) in [6.45, 7) is 0.270. The summed E-state index contributed by atoms with van der Waals surface area (Å²) in [5.41, 5.74) is -0.101. The monoisotopic (exact) mass is 435 g/mol. The Morgan fingerprint density at radius 2 is 1.87 bits per heavy atom. The number of carbonyl (C=O) groups is 1. The summed E-state index contributed by atoms with van der Waals surface area (Å²) in [6.07, 6.45) is 1.51. The number of nitro groups is 1. The van der Waals surface area contributed by atoms with Crippen LogP contribution < -0.4 is 14.8 Å². The second-order valence-electron chi connectivity index (χ2n) is 6.53. The number of anilines is 1. The van der Waals surface area contributed by atoms with Crippen molar-refractivity contribution < 1.29 is 27.6 Å². The molecule has 160 valence electrons. The molecular formula is C19H21N3O7S. The number of hydrogen-bond acceptors (Lipinski definition) is 7. The maximum Gasteiger partial charge on any atom is 0.312 e. The molecule has 1 heterocycles. The van der Waals surface area contributed by atoms with Crippen molar-refractivity contribution >= 4 is 27.3 Å². The standard InChI is InChI=1S/C19H21N3O7S/c1-28-17-7-3-2-6-15(17)20-19(23)13-29-18-9-8-14(12-16(18)22(24)25)30(26,27)21-10-4-5-11-21/h2-3,6-9,12H,4-5,10-11,13H2,1H3,(H,20,23). The van der Waals surface area contributed by atoms with Gasteiger partial charge in [-0.2, -0.15) is 4.31 Å². The van der Waals surface area contributed by atoms with Gasteiger partial charge in [0.05, 0.1) is 22.6 Å². The fourth-order valence-electron chi connectivity index (χ4n) is 3.08. The molecule has 2 aromatic rings. The summed E-state index contributed by atoms with van der Waals surface area (Å²) >= 11 is 0. The van der Waals surface area contributed by atoms with E-state index in [4.69, 9.17) is 9.47 Å². The van der Waals surface area contributed by atoms with E-state index in [9.17, 15) is 23.3 Å². The number of nitro benzene ring substituents is 1. The Morgan fingerprint density at radius 3 is 2.53 bits per heavy atom. The Morgan fingerprint density at radius 1 is 1.17 bits per heavy atom. The lowest BCUT2D eigenvalue weighted by Gasteiger charge is -2.16. The zero-order valence-electron chi connectivity index (χ0n) is 16.2. The number of ether oxygens (including phenoxy) is 2. The Hall–Kier alpha value is -3.18. The number of carbonyl (C=O) groups excluding carboxylic acids is 1. The highest BCUT2D eigenvalue weighted by Crippen LogP contribution is 2.32. The van der Waals surface area contributed by atoms with Crippen LogP contribution in [-0.2, 0) is 14.8 Å². The van der Waals surface area contributed by atoms with Crippen LogP contribution in [0.15, 0.2) is 47.4 Å². The molecule has 0 aromatic heterocycles. The lowest BCUT2D eigenvalue weighted by molar-refractivity contribution is -0.386. The van der Waals surface area contributed by atoms with Crippen LogP contribution in [-0.4, -0.2) is 50.4 Å². The third kappa shape index (κ3) is 4.69. The van der Waals surface area contributed by atoms with Crippen LogP contribution in [0.3, 0.4) is 0 Å². The largest absolute Gasteiger partial charge is 0.495 e. The van der Waals surface area contributed by atoms with Gasteiger partial charge in [-0.25, -0.2) is 8.42 Å². The third-order valence-corrected chi connectivity index (χ3v) is 6.46. The van der Waals surface area contributed by atoms with Crippen LogP contribution in [0.5, 0.6) is 11.5 Å². The molecule has 0 atom stereocenters. The smallest absolute Gasteiger partial charge is 0.312 e. The minimum atomic E-state index is -3.81. The summed E-state index contributed by atoms with van der Waals surface area (Å²) in [5, 5.41) is 14.0. The van der Waals surface area contributed by atoms with Gasteiger partial charge in [-0.15, -0.1) is 0 Å². The molecule has 1 aliphatic rings. The second-order valence-corrected chi connectivity index (χ2v) is 8.47. The van der Waals surface area contributed by atoms with Gasteiger partial charge in [0.1, 0.15) is 5.75 Å². The van der Waals surface area contributed by atoms with Crippen molar-refractivity contribution in [3.8, 4) is 11.5 Å². The highest BCUT2D eigenvalue weighted by atomic mass is 32.2. The van der Waals surface area contributed by atoms with E-state index in [2.05, 4.69) is 5.32 Å². The summed E-state index contributed by atoms with van der Waals surface area (Å²) in [7, 11) is -2.35. The average Bonchev–Trinajstić information content (AvgIpc) is 3.28.